The van der Waals surface area contributed by atoms with Crippen molar-refractivity contribution >= 4 is 5.97 Å². The van der Waals surface area contributed by atoms with Gasteiger partial charge in [0.2, 0.25) is 5.75 Å². The lowest BCUT2D eigenvalue weighted by atomic mass is 10.2. The van der Waals surface area contributed by atoms with Crippen molar-refractivity contribution in [2.45, 2.75) is 6.61 Å². The van der Waals surface area contributed by atoms with E-state index in [1.807, 2.05) is 12.1 Å². The van der Waals surface area contributed by atoms with E-state index in [9.17, 15) is 4.79 Å². The Balaban J connectivity index is 2.19. The van der Waals surface area contributed by atoms with E-state index in [4.69, 9.17) is 23.7 Å². The molecule has 0 aromatic heterocycles. The number of benzene rings is 2. The van der Waals surface area contributed by atoms with Crippen molar-refractivity contribution in [3.8, 4) is 23.0 Å². The highest BCUT2D eigenvalue weighted by molar-refractivity contribution is 5.89. The average Bonchev–Trinajstić information content (AvgIpc) is 2.64. The number of rotatable bonds is 7. The first-order valence-corrected chi connectivity index (χ1v) is 7.23. The lowest BCUT2D eigenvalue weighted by Crippen LogP contribution is -2.03. The van der Waals surface area contributed by atoms with E-state index in [1.54, 1.807) is 45.6 Å². The molecule has 6 nitrogen and oxygen atoms in total. The zero-order chi connectivity index (χ0) is 17.5. The minimum atomic E-state index is -0.409. The van der Waals surface area contributed by atoms with E-state index in [1.165, 1.54) is 7.11 Å². The summed E-state index contributed by atoms with van der Waals surface area (Å²) in [4.78, 5) is 11.6. The lowest BCUT2D eigenvalue weighted by Gasteiger charge is -2.14. The largest absolute Gasteiger partial charge is 0.493 e. The number of carbonyl (C=O) groups is 1. The van der Waals surface area contributed by atoms with Gasteiger partial charge in [0.05, 0.1) is 34.0 Å². The van der Waals surface area contributed by atoms with E-state index in [0.29, 0.717) is 28.6 Å². The summed E-state index contributed by atoms with van der Waals surface area (Å²) in [6.45, 7) is 0.279. The second kappa shape index (κ2) is 8.10. The predicted octanol–water partition coefficient (Wildman–Crippen LogP) is 3.08. The van der Waals surface area contributed by atoms with Crippen molar-refractivity contribution in [2.75, 3.05) is 28.4 Å². The first kappa shape index (κ1) is 17.5. The Kier molecular flexibility index (Phi) is 5.89. The molecule has 24 heavy (non-hydrogen) atoms. The Morgan fingerprint density at radius 3 is 2.12 bits per heavy atom. The third-order valence-electron chi connectivity index (χ3n) is 3.39. The molecule has 2 aromatic rings. The van der Waals surface area contributed by atoms with Crippen molar-refractivity contribution < 1.29 is 28.5 Å². The Labute approximate surface area is 140 Å². The van der Waals surface area contributed by atoms with Crippen molar-refractivity contribution in [1.29, 1.82) is 0 Å². The topological polar surface area (TPSA) is 63.2 Å². The van der Waals surface area contributed by atoms with Gasteiger partial charge in [-0.2, -0.15) is 0 Å². The van der Waals surface area contributed by atoms with Crippen LogP contribution in [0.3, 0.4) is 0 Å². The van der Waals surface area contributed by atoms with Crippen LogP contribution in [0, 0.1) is 0 Å². The standard InChI is InChI=1S/C18H20O6/c1-20-15-8-12(9-16(21-2)17(15)22-3)11-24-14-7-5-6-13(10-14)18(19)23-4/h5-10H,11H2,1-4H3. The van der Waals surface area contributed by atoms with Gasteiger partial charge in [-0.25, -0.2) is 4.79 Å². The van der Waals surface area contributed by atoms with Crippen LogP contribution in [0.25, 0.3) is 0 Å². The number of esters is 1. The van der Waals surface area contributed by atoms with E-state index < -0.39 is 5.97 Å². The molecule has 0 heterocycles. The van der Waals surface area contributed by atoms with Crippen LogP contribution in [0.5, 0.6) is 23.0 Å². The summed E-state index contributed by atoms with van der Waals surface area (Å²) in [6, 6.07) is 10.4. The van der Waals surface area contributed by atoms with Gasteiger partial charge in [0, 0.05) is 0 Å². The van der Waals surface area contributed by atoms with Crippen LogP contribution < -0.4 is 18.9 Å². The van der Waals surface area contributed by atoms with Crippen LogP contribution in [0.15, 0.2) is 36.4 Å². The predicted molar refractivity (Wildman–Crippen MR) is 88.2 cm³/mol. The summed E-state index contributed by atoms with van der Waals surface area (Å²) in [7, 11) is 6.00. The van der Waals surface area contributed by atoms with Crippen LogP contribution in [-0.4, -0.2) is 34.4 Å². The number of methoxy groups -OCH3 is 4. The Morgan fingerprint density at radius 2 is 1.58 bits per heavy atom. The highest BCUT2D eigenvalue weighted by atomic mass is 16.5. The fraction of sp³-hybridized carbons (Fsp3) is 0.278. The average molecular weight is 332 g/mol. The molecule has 0 aliphatic rings. The molecule has 2 rings (SSSR count). The van der Waals surface area contributed by atoms with Crippen molar-refractivity contribution in [3.63, 3.8) is 0 Å². The van der Waals surface area contributed by atoms with Crippen molar-refractivity contribution in [1.82, 2.24) is 0 Å². The van der Waals surface area contributed by atoms with Crippen molar-refractivity contribution in [2.24, 2.45) is 0 Å². The summed E-state index contributed by atoms with van der Waals surface area (Å²) >= 11 is 0. The molecule has 0 bridgehead atoms. The van der Waals surface area contributed by atoms with Gasteiger partial charge in [-0.05, 0) is 35.9 Å². The minimum Gasteiger partial charge on any atom is -0.493 e. The quantitative estimate of drug-likeness (QED) is 0.726. The van der Waals surface area contributed by atoms with Crippen LogP contribution in [0.1, 0.15) is 15.9 Å². The maximum absolute atomic E-state index is 11.6. The van der Waals surface area contributed by atoms with Gasteiger partial charge >= 0.3 is 5.97 Å². The fourth-order valence-corrected chi connectivity index (χ4v) is 2.22. The van der Waals surface area contributed by atoms with Crippen LogP contribution in [-0.2, 0) is 11.3 Å². The molecule has 0 atom stereocenters. The summed E-state index contributed by atoms with van der Waals surface area (Å²) in [5.74, 6) is 1.79. The minimum absolute atomic E-state index is 0.279. The molecule has 0 amide bonds. The fourth-order valence-electron chi connectivity index (χ4n) is 2.22. The normalized spacial score (nSPS) is 10.0. The Hall–Kier alpha value is -2.89. The third kappa shape index (κ3) is 3.90. The molecule has 0 unspecified atom stereocenters. The van der Waals surface area contributed by atoms with E-state index in [0.717, 1.165) is 5.56 Å². The van der Waals surface area contributed by atoms with Gasteiger partial charge in [-0.1, -0.05) is 6.07 Å². The summed E-state index contributed by atoms with van der Waals surface area (Å²) in [5, 5.41) is 0. The summed E-state index contributed by atoms with van der Waals surface area (Å²) < 4.78 is 26.4. The molecule has 0 aliphatic heterocycles. The number of carbonyl (C=O) groups excluding carboxylic acids is 1. The smallest absolute Gasteiger partial charge is 0.337 e. The second-order valence-corrected chi connectivity index (χ2v) is 4.84. The number of hydrogen-bond acceptors (Lipinski definition) is 6. The summed E-state index contributed by atoms with van der Waals surface area (Å²) in [6.07, 6.45) is 0. The monoisotopic (exact) mass is 332 g/mol. The van der Waals surface area contributed by atoms with Crippen molar-refractivity contribution in [3.05, 3.63) is 47.5 Å². The van der Waals surface area contributed by atoms with E-state index in [-0.39, 0.29) is 6.61 Å². The van der Waals surface area contributed by atoms with Gasteiger partial charge in [-0.3, -0.25) is 0 Å². The maximum Gasteiger partial charge on any atom is 0.337 e. The summed E-state index contributed by atoms with van der Waals surface area (Å²) in [5.41, 5.74) is 1.27. The van der Waals surface area contributed by atoms with Gasteiger partial charge in [0.15, 0.2) is 11.5 Å². The molecule has 2 aromatic carbocycles. The number of ether oxygens (including phenoxy) is 5. The Bertz CT molecular complexity index is 685. The SMILES string of the molecule is COC(=O)c1cccc(OCc2cc(OC)c(OC)c(OC)c2)c1. The van der Waals surface area contributed by atoms with Crippen LogP contribution in [0.2, 0.25) is 0 Å². The maximum atomic E-state index is 11.6. The second-order valence-electron chi connectivity index (χ2n) is 4.84. The van der Waals surface area contributed by atoms with Crippen LogP contribution >= 0.6 is 0 Å². The molecule has 0 aliphatic carbocycles. The van der Waals surface area contributed by atoms with E-state index >= 15 is 0 Å². The first-order chi connectivity index (χ1) is 11.6. The molecule has 128 valence electrons. The molecule has 0 saturated heterocycles. The zero-order valence-electron chi connectivity index (χ0n) is 14.1. The van der Waals surface area contributed by atoms with Crippen LogP contribution in [0.4, 0.5) is 0 Å². The highest BCUT2D eigenvalue weighted by Gasteiger charge is 2.13. The van der Waals surface area contributed by atoms with Gasteiger partial charge in [0.25, 0.3) is 0 Å². The van der Waals surface area contributed by atoms with E-state index in [2.05, 4.69) is 0 Å². The lowest BCUT2D eigenvalue weighted by molar-refractivity contribution is 0.0600. The van der Waals surface area contributed by atoms with Gasteiger partial charge in [-0.15, -0.1) is 0 Å². The molecule has 0 saturated carbocycles. The molecule has 0 N–H and O–H groups in total. The molecular formula is C18H20O6. The van der Waals surface area contributed by atoms with Gasteiger partial charge < -0.3 is 23.7 Å². The molecule has 0 radical (unpaired) electrons. The van der Waals surface area contributed by atoms with Gasteiger partial charge in [0.1, 0.15) is 12.4 Å². The molecule has 0 fully saturated rings. The third-order valence-corrected chi connectivity index (χ3v) is 3.39. The first-order valence-electron chi connectivity index (χ1n) is 7.23. The highest BCUT2D eigenvalue weighted by Crippen LogP contribution is 2.38. The molecule has 0 spiro atoms. The Morgan fingerprint density at radius 1 is 0.917 bits per heavy atom. The molecule has 6 heteroatoms. The zero-order valence-corrected chi connectivity index (χ0v) is 14.1. The molecular weight excluding hydrogens is 312 g/mol. The number of hydrogen-bond donors (Lipinski definition) is 0.